The first-order chi connectivity index (χ1) is 7.27. The standard InChI is InChI=1S/C14H27NO/c1-11-6-8-14(9-7-11)15-10-12(2,3)13(4,5)16-14/h11,15H,6-10H2,1-5H3. The molecule has 0 aromatic carbocycles. The Labute approximate surface area is 100 Å². The van der Waals surface area contributed by atoms with Gasteiger partial charge in [0.25, 0.3) is 0 Å². The fraction of sp³-hybridized carbons (Fsp3) is 1.00. The summed E-state index contributed by atoms with van der Waals surface area (Å²) in [5, 5.41) is 3.68. The first-order valence-corrected chi connectivity index (χ1v) is 6.72. The lowest BCUT2D eigenvalue weighted by Crippen LogP contribution is -2.66. The summed E-state index contributed by atoms with van der Waals surface area (Å²) in [6, 6.07) is 0. The van der Waals surface area contributed by atoms with Crippen LogP contribution in [0, 0.1) is 11.3 Å². The Bertz CT molecular complexity index is 262. The van der Waals surface area contributed by atoms with Crippen LogP contribution in [-0.2, 0) is 4.74 Å². The lowest BCUT2D eigenvalue weighted by atomic mass is 9.73. The van der Waals surface area contributed by atoms with Gasteiger partial charge in [0.1, 0.15) is 5.72 Å². The molecule has 2 heteroatoms. The monoisotopic (exact) mass is 225 g/mol. The minimum absolute atomic E-state index is 0.0223. The Morgan fingerprint density at radius 1 is 1.06 bits per heavy atom. The zero-order valence-electron chi connectivity index (χ0n) is 11.5. The fourth-order valence-electron chi connectivity index (χ4n) is 2.76. The molecule has 2 fully saturated rings. The first-order valence-electron chi connectivity index (χ1n) is 6.72. The zero-order valence-corrected chi connectivity index (χ0v) is 11.5. The predicted molar refractivity (Wildman–Crippen MR) is 67.3 cm³/mol. The molecule has 0 bridgehead atoms. The number of ether oxygens (including phenoxy) is 1. The maximum absolute atomic E-state index is 6.45. The van der Waals surface area contributed by atoms with Crippen molar-refractivity contribution in [1.82, 2.24) is 5.32 Å². The van der Waals surface area contributed by atoms with Gasteiger partial charge in [-0.25, -0.2) is 0 Å². The second-order valence-corrected chi connectivity index (χ2v) is 7.03. The van der Waals surface area contributed by atoms with Crippen molar-refractivity contribution in [2.75, 3.05) is 6.54 Å². The summed E-state index contributed by atoms with van der Waals surface area (Å²) in [5.74, 6) is 0.870. The summed E-state index contributed by atoms with van der Waals surface area (Å²) in [5.41, 5.74) is 0.158. The molecule has 2 rings (SSSR count). The van der Waals surface area contributed by atoms with Gasteiger partial charge in [0.2, 0.25) is 0 Å². The van der Waals surface area contributed by atoms with Gasteiger partial charge in [-0.2, -0.15) is 0 Å². The first kappa shape index (κ1) is 12.4. The molecule has 1 N–H and O–H groups in total. The Balaban J connectivity index is 2.10. The minimum Gasteiger partial charge on any atom is -0.354 e. The van der Waals surface area contributed by atoms with Gasteiger partial charge in [-0.05, 0) is 45.4 Å². The maximum Gasteiger partial charge on any atom is 0.120 e. The number of rotatable bonds is 0. The van der Waals surface area contributed by atoms with E-state index in [9.17, 15) is 0 Å². The molecule has 1 aliphatic carbocycles. The van der Waals surface area contributed by atoms with Crippen LogP contribution in [0.25, 0.3) is 0 Å². The molecule has 1 spiro atoms. The lowest BCUT2D eigenvalue weighted by molar-refractivity contribution is -0.248. The van der Waals surface area contributed by atoms with Gasteiger partial charge in [0, 0.05) is 12.0 Å². The predicted octanol–water partition coefficient (Wildman–Crippen LogP) is 3.32. The smallest absolute Gasteiger partial charge is 0.120 e. The topological polar surface area (TPSA) is 21.3 Å². The SMILES string of the molecule is CC1CCC2(CC1)NCC(C)(C)C(C)(C)O2. The van der Waals surface area contributed by atoms with E-state index in [0.29, 0.717) is 0 Å². The third-order valence-corrected chi connectivity index (χ3v) is 5.01. The van der Waals surface area contributed by atoms with Crippen molar-refractivity contribution < 1.29 is 4.74 Å². The molecule has 94 valence electrons. The highest BCUT2D eigenvalue weighted by Crippen LogP contribution is 2.45. The van der Waals surface area contributed by atoms with Crippen molar-refractivity contribution in [3.05, 3.63) is 0 Å². The van der Waals surface area contributed by atoms with Crippen LogP contribution in [0.2, 0.25) is 0 Å². The Morgan fingerprint density at radius 2 is 1.62 bits per heavy atom. The maximum atomic E-state index is 6.45. The van der Waals surface area contributed by atoms with E-state index < -0.39 is 0 Å². The van der Waals surface area contributed by atoms with E-state index in [1.54, 1.807) is 0 Å². The van der Waals surface area contributed by atoms with Gasteiger partial charge in [0.05, 0.1) is 5.60 Å². The molecule has 2 aliphatic rings. The Morgan fingerprint density at radius 3 is 2.12 bits per heavy atom. The molecule has 0 aromatic heterocycles. The molecular weight excluding hydrogens is 198 g/mol. The van der Waals surface area contributed by atoms with Crippen molar-refractivity contribution in [2.45, 2.75) is 71.6 Å². The van der Waals surface area contributed by atoms with Gasteiger partial charge < -0.3 is 4.74 Å². The van der Waals surface area contributed by atoms with Gasteiger partial charge >= 0.3 is 0 Å². The fourth-order valence-corrected chi connectivity index (χ4v) is 2.76. The van der Waals surface area contributed by atoms with Crippen LogP contribution in [-0.4, -0.2) is 17.9 Å². The van der Waals surface area contributed by atoms with Crippen LogP contribution >= 0.6 is 0 Å². The van der Waals surface area contributed by atoms with Crippen LogP contribution in [0.15, 0.2) is 0 Å². The minimum atomic E-state index is -0.0289. The van der Waals surface area contributed by atoms with Crippen molar-refractivity contribution in [1.29, 1.82) is 0 Å². The highest BCUT2D eigenvalue weighted by atomic mass is 16.5. The van der Waals surface area contributed by atoms with Crippen LogP contribution in [0.4, 0.5) is 0 Å². The summed E-state index contributed by atoms with van der Waals surface area (Å²) in [6.07, 6.45) is 4.94. The molecule has 1 saturated carbocycles. The number of hydrogen-bond acceptors (Lipinski definition) is 2. The van der Waals surface area contributed by atoms with Crippen molar-refractivity contribution in [3.63, 3.8) is 0 Å². The summed E-state index contributed by atoms with van der Waals surface area (Å²) in [6.45, 7) is 12.5. The van der Waals surface area contributed by atoms with E-state index in [1.807, 2.05) is 0 Å². The summed E-state index contributed by atoms with van der Waals surface area (Å²) in [7, 11) is 0. The van der Waals surface area contributed by atoms with Crippen LogP contribution < -0.4 is 5.32 Å². The van der Waals surface area contributed by atoms with E-state index >= 15 is 0 Å². The van der Waals surface area contributed by atoms with E-state index in [0.717, 1.165) is 12.5 Å². The highest BCUT2D eigenvalue weighted by Gasteiger charge is 2.50. The Hall–Kier alpha value is -0.0800. The summed E-state index contributed by atoms with van der Waals surface area (Å²) in [4.78, 5) is 0. The van der Waals surface area contributed by atoms with Gasteiger partial charge in [0.15, 0.2) is 0 Å². The Kier molecular flexibility index (Phi) is 2.87. The molecule has 1 saturated heterocycles. The second kappa shape index (κ2) is 3.71. The quantitative estimate of drug-likeness (QED) is 0.683. The van der Waals surface area contributed by atoms with Crippen LogP contribution in [0.1, 0.15) is 60.3 Å². The molecule has 0 aromatic rings. The average molecular weight is 225 g/mol. The second-order valence-electron chi connectivity index (χ2n) is 7.03. The third-order valence-electron chi connectivity index (χ3n) is 5.01. The van der Waals surface area contributed by atoms with Crippen LogP contribution in [0.3, 0.4) is 0 Å². The van der Waals surface area contributed by atoms with Gasteiger partial charge in [-0.15, -0.1) is 0 Å². The average Bonchev–Trinajstić information content (AvgIpc) is 2.18. The van der Waals surface area contributed by atoms with Crippen molar-refractivity contribution in [2.24, 2.45) is 11.3 Å². The molecule has 16 heavy (non-hydrogen) atoms. The van der Waals surface area contributed by atoms with E-state index in [4.69, 9.17) is 4.74 Å². The molecule has 0 atom stereocenters. The summed E-state index contributed by atoms with van der Waals surface area (Å²) < 4.78 is 6.45. The summed E-state index contributed by atoms with van der Waals surface area (Å²) >= 11 is 0. The lowest BCUT2D eigenvalue weighted by Gasteiger charge is -2.56. The van der Waals surface area contributed by atoms with Crippen LogP contribution in [0.5, 0.6) is 0 Å². The molecule has 0 unspecified atom stereocenters. The number of hydrogen-bond donors (Lipinski definition) is 1. The van der Waals surface area contributed by atoms with E-state index in [1.165, 1.54) is 25.7 Å². The molecule has 1 heterocycles. The molecule has 0 amide bonds. The zero-order chi connectivity index (χ0) is 12.0. The number of nitrogens with one attached hydrogen (secondary N) is 1. The molecule has 0 radical (unpaired) electrons. The van der Waals surface area contributed by atoms with Gasteiger partial charge in [-0.1, -0.05) is 20.8 Å². The molecule has 2 nitrogen and oxygen atoms in total. The van der Waals surface area contributed by atoms with E-state index in [-0.39, 0.29) is 16.7 Å². The van der Waals surface area contributed by atoms with Gasteiger partial charge in [-0.3, -0.25) is 5.32 Å². The van der Waals surface area contributed by atoms with Crippen molar-refractivity contribution >= 4 is 0 Å². The molecule has 1 aliphatic heterocycles. The normalized spacial score (nSPS) is 42.2. The largest absolute Gasteiger partial charge is 0.354 e. The van der Waals surface area contributed by atoms with Crippen molar-refractivity contribution in [3.8, 4) is 0 Å². The highest BCUT2D eigenvalue weighted by molar-refractivity contribution is 5.00. The van der Waals surface area contributed by atoms with E-state index in [2.05, 4.69) is 39.9 Å². The molecular formula is C14H27NO. The third kappa shape index (κ3) is 2.02.